The number of rotatable bonds is 6. The highest BCUT2D eigenvalue weighted by atomic mass is 35.5. The van der Waals surface area contributed by atoms with Gasteiger partial charge in [-0.3, -0.25) is 0 Å². The maximum absolute atomic E-state index is 5.82. The molecule has 0 saturated carbocycles. The predicted molar refractivity (Wildman–Crippen MR) is 75.5 cm³/mol. The highest BCUT2D eigenvalue weighted by molar-refractivity contribution is 6.30. The first-order valence-electron chi connectivity index (χ1n) is 6.66. The molecule has 0 unspecified atom stereocenters. The molecule has 1 aromatic rings. The minimum absolute atomic E-state index is 0.751. The fraction of sp³-hybridized carbons (Fsp3) is 0.571. The Hall–Kier alpha value is -0.770. The van der Waals surface area contributed by atoms with Gasteiger partial charge in [0.2, 0.25) is 0 Å². The minimum Gasteiger partial charge on any atom is -0.494 e. The van der Waals surface area contributed by atoms with Crippen molar-refractivity contribution in [2.75, 3.05) is 39.3 Å². The van der Waals surface area contributed by atoms with Crippen molar-refractivity contribution < 1.29 is 4.74 Å². The third-order valence-corrected chi connectivity index (χ3v) is 3.41. The Balaban J connectivity index is 1.54. The number of ether oxygens (including phenoxy) is 1. The van der Waals surface area contributed by atoms with Crippen LogP contribution in [0.25, 0.3) is 0 Å². The fourth-order valence-corrected chi connectivity index (χ4v) is 2.22. The average Bonchev–Trinajstić information content (AvgIpc) is 2.42. The van der Waals surface area contributed by atoms with Crippen molar-refractivity contribution in [3.05, 3.63) is 29.3 Å². The third-order valence-electron chi connectivity index (χ3n) is 3.16. The van der Waals surface area contributed by atoms with Crippen LogP contribution in [-0.2, 0) is 0 Å². The van der Waals surface area contributed by atoms with E-state index in [2.05, 4.69) is 10.2 Å². The number of hydrogen-bond acceptors (Lipinski definition) is 3. The van der Waals surface area contributed by atoms with Crippen LogP contribution in [0.3, 0.4) is 0 Å². The second kappa shape index (κ2) is 7.62. The van der Waals surface area contributed by atoms with E-state index in [1.54, 1.807) is 0 Å². The van der Waals surface area contributed by atoms with Gasteiger partial charge in [-0.1, -0.05) is 11.6 Å². The quantitative estimate of drug-likeness (QED) is 0.802. The van der Waals surface area contributed by atoms with Gasteiger partial charge in [0.15, 0.2) is 0 Å². The summed E-state index contributed by atoms with van der Waals surface area (Å²) in [6.07, 6.45) is 2.31. The van der Waals surface area contributed by atoms with Crippen molar-refractivity contribution in [3.8, 4) is 5.75 Å². The zero-order chi connectivity index (χ0) is 12.6. The average molecular weight is 269 g/mol. The Morgan fingerprint density at radius 2 is 1.83 bits per heavy atom. The zero-order valence-corrected chi connectivity index (χ0v) is 11.5. The Bertz CT molecular complexity index is 336. The Kier molecular flexibility index (Phi) is 5.78. The number of hydrogen-bond donors (Lipinski definition) is 1. The standard InChI is InChI=1S/C14H21ClN2O/c15-13-3-5-14(6-4-13)18-12-2-1-9-17-10-7-16-8-11-17/h3-6,16H,1-2,7-12H2. The molecule has 0 spiro atoms. The van der Waals surface area contributed by atoms with Crippen molar-refractivity contribution in [1.82, 2.24) is 10.2 Å². The van der Waals surface area contributed by atoms with E-state index < -0.39 is 0 Å². The molecule has 1 N–H and O–H groups in total. The van der Waals surface area contributed by atoms with Crippen LogP contribution in [0, 0.1) is 0 Å². The van der Waals surface area contributed by atoms with Crippen molar-refractivity contribution in [3.63, 3.8) is 0 Å². The van der Waals surface area contributed by atoms with Crippen molar-refractivity contribution in [2.45, 2.75) is 12.8 Å². The molecule has 1 aromatic carbocycles. The molecule has 1 heterocycles. The van der Waals surface area contributed by atoms with E-state index in [1.165, 1.54) is 26.1 Å². The normalized spacial score (nSPS) is 16.7. The van der Waals surface area contributed by atoms with Gasteiger partial charge in [-0.25, -0.2) is 0 Å². The monoisotopic (exact) mass is 268 g/mol. The van der Waals surface area contributed by atoms with Crippen LogP contribution in [0.4, 0.5) is 0 Å². The summed E-state index contributed by atoms with van der Waals surface area (Å²) in [7, 11) is 0. The molecule has 1 aliphatic heterocycles. The van der Waals surface area contributed by atoms with Crippen LogP contribution in [0.1, 0.15) is 12.8 Å². The summed E-state index contributed by atoms with van der Waals surface area (Å²) in [4.78, 5) is 2.51. The number of unbranched alkanes of at least 4 members (excludes halogenated alkanes) is 1. The fourth-order valence-electron chi connectivity index (χ4n) is 2.09. The van der Waals surface area contributed by atoms with Gasteiger partial charge >= 0.3 is 0 Å². The van der Waals surface area contributed by atoms with E-state index in [9.17, 15) is 0 Å². The minimum atomic E-state index is 0.751. The number of nitrogens with one attached hydrogen (secondary N) is 1. The molecule has 1 aliphatic rings. The van der Waals surface area contributed by atoms with Gasteiger partial charge in [-0.05, 0) is 43.7 Å². The second-order valence-electron chi connectivity index (χ2n) is 4.60. The SMILES string of the molecule is Clc1ccc(OCCCCN2CCNCC2)cc1. The van der Waals surface area contributed by atoms with Gasteiger partial charge in [-0.15, -0.1) is 0 Å². The van der Waals surface area contributed by atoms with Gasteiger partial charge in [0.05, 0.1) is 6.61 Å². The van der Waals surface area contributed by atoms with Crippen LogP contribution in [0.15, 0.2) is 24.3 Å². The molecule has 0 bridgehead atoms. The Morgan fingerprint density at radius 3 is 2.56 bits per heavy atom. The van der Waals surface area contributed by atoms with E-state index in [4.69, 9.17) is 16.3 Å². The predicted octanol–water partition coefficient (Wildman–Crippen LogP) is 2.40. The summed E-state index contributed by atoms with van der Waals surface area (Å²) in [5.74, 6) is 0.904. The Labute approximate surface area is 114 Å². The lowest BCUT2D eigenvalue weighted by Gasteiger charge is -2.26. The largest absolute Gasteiger partial charge is 0.494 e. The summed E-state index contributed by atoms with van der Waals surface area (Å²) in [6.45, 7) is 6.58. The molecule has 0 aliphatic carbocycles. The van der Waals surface area contributed by atoms with Gasteiger partial charge in [0.25, 0.3) is 0 Å². The maximum atomic E-state index is 5.82. The van der Waals surface area contributed by atoms with Crippen LogP contribution >= 0.6 is 11.6 Å². The first kappa shape index (κ1) is 13.7. The lowest BCUT2D eigenvalue weighted by molar-refractivity contribution is 0.226. The molecule has 0 amide bonds. The van der Waals surface area contributed by atoms with Gasteiger partial charge in [-0.2, -0.15) is 0 Å². The molecule has 0 radical (unpaired) electrons. The van der Waals surface area contributed by atoms with E-state index in [0.29, 0.717) is 0 Å². The van der Waals surface area contributed by atoms with Crippen molar-refractivity contribution in [2.24, 2.45) is 0 Å². The molecule has 3 nitrogen and oxygen atoms in total. The first-order chi connectivity index (χ1) is 8.84. The summed E-state index contributed by atoms with van der Waals surface area (Å²) in [6, 6.07) is 7.55. The third kappa shape index (κ3) is 4.84. The molecule has 1 saturated heterocycles. The lowest BCUT2D eigenvalue weighted by atomic mass is 10.2. The number of nitrogens with zero attached hydrogens (tertiary/aromatic N) is 1. The zero-order valence-electron chi connectivity index (χ0n) is 10.7. The maximum Gasteiger partial charge on any atom is 0.119 e. The first-order valence-corrected chi connectivity index (χ1v) is 7.04. The van der Waals surface area contributed by atoms with Gasteiger partial charge in [0, 0.05) is 31.2 Å². The van der Waals surface area contributed by atoms with E-state index in [-0.39, 0.29) is 0 Å². The molecule has 2 rings (SSSR count). The summed E-state index contributed by atoms with van der Waals surface area (Å²) < 4.78 is 5.66. The molecular formula is C14H21ClN2O. The Morgan fingerprint density at radius 1 is 1.11 bits per heavy atom. The molecule has 100 valence electrons. The summed E-state index contributed by atoms with van der Waals surface area (Å²) >= 11 is 5.82. The van der Waals surface area contributed by atoms with Crippen LogP contribution in [0.2, 0.25) is 5.02 Å². The van der Waals surface area contributed by atoms with Crippen LogP contribution < -0.4 is 10.1 Å². The summed E-state index contributed by atoms with van der Waals surface area (Å²) in [5, 5.41) is 4.12. The highest BCUT2D eigenvalue weighted by Crippen LogP contribution is 2.15. The topological polar surface area (TPSA) is 24.5 Å². The van der Waals surface area contributed by atoms with Crippen LogP contribution in [-0.4, -0.2) is 44.2 Å². The van der Waals surface area contributed by atoms with Gasteiger partial charge < -0.3 is 15.0 Å². The number of piperazine rings is 1. The van der Waals surface area contributed by atoms with E-state index in [1.807, 2.05) is 24.3 Å². The molecule has 0 atom stereocenters. The number of benzene rings is 1. The summed E-state index contributed by atoms with van der Waals surface area (Å²) in [5.41, 5.74) is 0. The molecule has 4 heteroatoms. The molecule has 1 fully saturated rings. The van der Waals surface area contributed by atoms with Crippen LogP contribution in [0.5, 0.6) is 5.75 Å². The molecule has 0 aromatic heterocycles. The van der Waals surface area contributed by atoms with E-state index in [0.717, 1.165) is 36.9 Å². The van der Waals surface area contributed by atoms with E-state index >= 15 is 0 Å². The highest BCUT2D eigenvalue weighted by Gasteiger charge is 2.08. The van der Waals surface area contributed by atoms with Crippen molar-refractivity contribution >= 4 is 11.6 Å². The second-order valence-corrected chi connectivity index (χ2v) is 5.04. The van der Waals surface area contributed by atoms with Crippen molar-refractivity contribution in [1.29, 1.82) is 0 Å². The lowest BCUT2D eigenvalue weighted by Crippen LogP contribution is -2.43. The smallest absolute Gasteiger partial charge is 0.119 e. The molecular weight excluding hydrogens is 248 g/mol. The number of halogens is 1. The molecule has 18 heavy (non-hydrogen) atoms. The van der Waals surface area contributed by atoms with Gasteiger partial charge in [0.1, 0.15) is 5.75 Å².